The van der Waals surface area contributed by atoms with Gasteiger partial charge in [0.2, 0.25) is 0 Å². The van der Waals surface area contributed by atoms with E-state index in [1.54, 1.807) is 3.58 Å². The Morgan fingerprint density at radius 1 is 1.00 bits per heavy atom. The van der Waals surface area contributed by atoms with Crippen molar-refractivity contribution in [2.24, 2.45) is 0 Å². The average Bonchev–Trinajstić information content (AvgIpc) is 2.02. The first-order valence-electron chi connectivity index (χ1n) is 4.24. The Kier molecular flexibility index (Phi) is 4.42. The van der Waals surface area contributed by atoms with Crippen LogP contribution in [0.4, 0.5) is 0 Å². The Hall–Kier alpha value is 0.470. The molecule has 0 aliphatic heterocycles. The Balaban J connectivity index is 2.29. The number of allylic oxidation sites excluding steroid dienone is 2. The Morgan fingerprint density at radius 2 is 1.70 bits per heavy atom. The zero-order chi connectivity index (χ0) is 7.23. The van der Waals surface area contributed by atoms with E-state index in [4.69, 9.17) is 0 Å². The molecular weight excluding hydrogens is 235 g/mol. The van der Waals surface area contributed by atoms with Gasteiger partial charge < -0.3 is 0 Å². The summed E-state index contributed by atoms with van der Waals surface area (Å²) < 4.78 is 1.58. The number of hydrogen-bond donors (Lipinski definition) is 0. The molecule has 0 saturated carbocycles. The van der Waals surface area contributed by atoms with Gasteiger partial charge in [-0.3, -0.25) is 0 Å². The molecule has 0 spiro atoms. The standard InChI is InChI=1S/C9H15I/c10-9-7-5-3-1-2-4-6-8-9/h7H,1-6,8H2/b9-7+. The van der Waals surface area contributed by atoms with E-state index in [-0.39, 0.29) is 0 Å². The van der Waals surface area contributed by atoms with Crippen molar-refractivity contribution in [3.8, 4) is 0 Å². The first-order chi connectivity index (χ1) is 4.89. The summed E-state index contributed by atoms with van der Waals surface area (Å²) in [6, 6.07) is 0. The maximum Gasteiger partial charge on any atom is -0.0134 e. The summed E-state index contributed by atoms with van der Waals surface area (Å²) in [6.45, 7) is 0. The lowest BCUT2D eigenvalue weighted by Gasteiger charge is -1.95. The molecule has 0 aromatic rings. The molecule has 0 saturated heterocycles. The average molecular weight is 250 g/mol. The summed E-state index contributed by atoms with van der Waals surface area (Å²) in [4.78, 5) is 0. The van der Waals surface area contributed by atoms with Gasteiger partial charge in [-0.25, -0.2) is 0 Å². The lowest BCUT2D eigenvalue weighted by atomic mass is 10.1. The molecule has 1 aliphatic rings. The van der Waals surface area contributed by atoms with Gasteiger partial charge in [-0.15, -0.1) is 0 Å². The van der Waals surface area contributed by atoms with Crippen LogP contribution in [0.25, 0.3) is 0 Å². The number of hydrogen-bond acceptors (Lipinski definition) is 0. The van der Waals surface area contributed by atoms with Crippen molar-refractivity contribution in [2.75, 3.05) is 0 Å². The highest BCUT2D eigenvalue weighted by atomic mass is 127. The summed E-state index contributed by atoms with van der Waals surface area (Å²) in [7, 11) is 0. The highest BCUT2D eigenvalue weighted by Gasteiger charge is 1.96. The zero-order valence-corrected chi connectivity index (χ0v) is 8.56. The smallest absolute Gasteiger partial charge is 0.0134 e. The predicted molar refractivity (Wildman–Crippen MR) is 54.4 cm³/mol. The number of halogens is 1. The van der Waals surface area contributed by atoms with E-state index in [1.165, 1.54) is 44.9 Å². The highest BCUT2D eigenvalue weighted by Crippen LogP contribution is 2.20. The molecular formula is C9H15I. The van der Waals surface area contributed by atoms with Crippen LogP contribution in [0, 0.1) is 0 Å². The van der Waals surface area contributed by atoms with Crippen LogP contribution in [0.5, 0.6) is 0 Å². The lowest BCUT2D eigenvalue weighted by molar-refractivity contribution is 0.632. The van der Waals surface area contributed by atoms with E-state index in [0.717, 1.165) is 0 Å². The Bertz CT molecular complexity index is 116. The minimum Gasteiger partial charge on any atom is -0.0752 e. The third-order valence-corrected chi connectivity index (χ3v) is 2.97. The summed E-state index contributed by atoms with van der Waals surface area (Å²) in [6.07, 6.45) is 12.2. The second-order valence-electron chi connectivity index (χ2n) is 2.96. The molecule has 0 unspecified atom stereocenters. The third-order valence-electron chi connectivity index (χ3n) is 1.99. The van der Waals surface area contributed by atoms with Crippen LogP contribution >= 0.6 is 22.6 Å². The van der Waals surface area contributed by atoms with Gasteiger partial charge in [0.1, 0.15) is 0 Å². The number of rotatable bonds is 0. The van der Waals surface area contributed by atoms with Crippen LogP contribution in [0.2, 0.25) is 0 Å². The molecule has 1 aliphatic carbocycles. The quantitative estimate of drug-likeness (QED) is 0.569. The van der Waals surface area contributed by atoms with Crippen molar-refractivity contribution in [2.45, 2.75) is 44.9 Å². The SMILES string of the molecule is I/C1=C/CCCCCCC1. The molecule has 58 valence electrons. The van der Waals surface area contributed by atoms with E-state index in [1.807, 2.05) is 0 Å². The highest BCUT2D eigenvalue weighted by molar-refractivity contribution is 14.1. The first kappa shape index (κ1) is 8.57. The molecule has 0 N–H and O–H groups in total. The Morgan fingerprint density at radius 3 is 2.60 bits per heavy atom. The van der Waals surface area contributed by atoms with Crippen LogP contribution in [-0.2, 0) is 0 Å². The van der Waals surface area contributed by atoms with Gasteiger partial charge >= 0.3 is 0 Å². The summed E-state index contributed by atoms with van der Waals surface area (Å²) in [5.41, 5.74) is 0. The van der Waals surface area contributed by atoms with E-state index in [2.05, 4.69) is 28.7 Å². The molecule has 0 nitrogen and oxygen atoms in total. The van der Waals surface area contributed by atoms with Crippen LogP contribution in [0.3, 0.4) is 0 Å². The second-order valence-corrected chi connectivity index (χ2v) is 4.34. The molecule has 1 heteroatoms. The van der Waals surface area contributed by atoms with Crippen molar-refractivity contribution < 1.29 is 0 Å². The fourth-order valence-corrected chi connectivity index (χ4v) is 2.02. The molecule has 0 fully saturated rings. The van der Waals surface area contributed by atoms with Gasteiger partial charge in [-0.2, -0.15) is 0 Å². The van der Waals surface area contributed by atoms with Crippen molar-refractivity contribution in [3.63, 3.8) is 0 Å². The lowest BCUT2D eigenvalue weighted by Crippen LogP contribution is -1.75. The second kappa shape index (κ2) is 5.16. The molecule has 0 aromatic carbocycles. The monoisotopic (exact) mass is 250 g/mol. The molecule has 0 bridgehead atoms. The van der Waals surface area contributed by atoms with Gasteiger partial charge in [0.05, 0.1) is 0 Å². The zero-order valence-electron chi connectivity index (χ0n) is 6.41. The predicted octanol–water partition coefficient (Wildman–Crippen LogP) is 4.05. The van der Waals surface area contributed by atoms with E-state index >= 15 is 0 Å². The topological polar surface area (TPSA) is 0 Å². The molecule has 10 heavy (non-hydrogen) atoms. The minimum atomic E-state index is 1.32. The Labute approximate surface area is 77.2 Å². The maximum absolute atomic E-state index is 2.48. The summed E-state index contributed by atoms with van der Waals surface area (Å²) in [5, 5.41) is 0. The van der Waals surface area contributed by atoms with Gasteiger partial charge in [-0.1, -0.05) is 25.3 Å². The van der Waals surface area contributed by atoms with Crippen LogP contribution in [0.1, 0.15) is 44.9 Å². The minimum absolute atomic E-state index is 1.32. The molecule has 1 rings (SSSR count). The summed E-state index contributed by atoms with van der Waals surface area (Å²) in [5.74, 6) is 0. The molecule has 0 radical (unpaired) electrons. The van der Waals surface area contributed by atoms with Gasteiger partial charge in [0, 0.05) is 0 Å². The van der Waals surface area contributed by atoms with E-state index < -0.39 is 0 Å². The van der Waals surface area contributed by atoms with Crippen molar-refractivity contribution in [1.29, 1.82) is 0 Å². The van der Waals surface area contributed by atoms with Gasteiger partial charge in [0.25, 0.3) is 0 Å². The van der Waals surface area contributed by atoms with Gasteiger partial charge in [0.15, 0.2) is 0 Å². The van der Waals surface area contributed by atoms with E-state index in [9.17, 15) is 0 Å². The largest absolute Gasteiger partial charge is 0.0752 e. The normalized spacial score (nSPS) is 27.5. The van der Waals surface area contributed by atoms with Gasteiger partial charge in [-0.05, 0) is 51.9 Å². The van der Waals surface area contributed by atoms with Crippen LogP contribution in [-0.4, -0.2) is 0 Å². The fourth-order valence-electron chi connectivity index (χ4n) is 1.33. The first-order valence-corrected chi connectivity index (χ1v) is 5.32. The maximum atomic E-state index is 2.48. The van der Waals surface area contributed by atoms with Crippen molar-refractivity contribution >= 4 is 22.6 Å². The van der Waals surface area contributed by atoms with E-state index in [0.29, 0.717) is 0 Å². The molecule has 0 heterocycles. The summed E-state index contributed by atoms with van der Waals surface area (Å²) >= 11 is 2.48. The molecule has 0 aromatic heterocycles. The molecule has 0 amide bonds. The third kappa shape index (κ3) is 3.59. The van der Waals surface area contributed by atoms with Crippen molar-refractivity contribution in [1.82, 2.24) is 0 Å². The van der Waals surface area contributed by atoms with Crippen LogP contribution in [0.15, 0.2) is 9.66 Å². The molecule has 0 atom stereocenters. The van der Waals surface area contributed by atoms with Crippen molar-refractivity contribution in [3.05, 3.63) is 9.66 Å². The van der Waals surface area contributed by atoms with Crippen LogP contribution < -0.4 is 0 Å². The fraction of sp³-hybridized carbons (Fsp3) is 0.778.